The van der Waals surface area contributed by atoms with E-state index in [9.17, 15) is 0 Å². The van der Waals surface area contributed by atoms with E-state index in [2.05, 4.69) is 65.6 Å². The van der Waals surface area contributed by atoms with Crippen molar-refractivity contribution in [3.05, 3.63) is 96.1 Å². The van der Waals surface area contributed by atoms with Gasteiger partial charge in [-0.15, -0.1) is 0 Å². The zero-order valence-electron chi connectivity index (χ0n) is 13.4. The van der Waals surface area contributed by atoms with Gasteiger partial charge in [0.25, 0.3) is 0 Å². The SMILES string of the molecule is COc1ccccc1N(Cc1ccccc1)Cc1ccccc1. The summed E-state index contributed by atoms with van der Waals surface area (Å²) in [5.41, 5.74) is 3.69. The maximum Gasteiger partial charge on any atom is 0.142 e. The van der Waals surface area contributed by atoms with Crippen LogP contribution in [0.3, 0.4) is 0 Å². The first-order valence-electron chi connectivity index (χ1n) is 7.82. The molecule has 0 aliphatic carbocycles. The van der Waals surface area contributed by atoms with Crippen LogP contribution in [0.5, 0.6) is 5.75 Å². The van der Waals surface area contributed by atoms with Gasteiger partial charge in [-0.1, -0.05) is 72.8 Å². The lowest BCUT2D eigenvalue weighted by Crippen LogP contribution is -2.22. The molecule has 0 bridgehead atoms. The van der Waals surface area contributed by atoms with Crippen LogP contribution in [-0.4, -0.2) is 7.11 Å². The van der Waals surface area contributed by atoms with Crippen LogP contribution in [-0.2, 0) is 13.1 Å². The Kier molecular flexibility index (Phi) is 4.95. The Bertz CT molecular complexity index is 684. The number of anilines is 1. The molecule has 0 spiro atoms. The molecule has 23 heavy (non-hydrogen) atoms. The second-order valence-corrected chi connectivity index (χ2v) is 5.50. The molecule has 0 saturated carbocycles. The summed E-state index contributed by atoms with van der Waals surface area (Å²) in [5.74, 6) is 0.902. The lowest BCUT2D eigenvalue weighted by Gasteiger charge is -2.27. The Morgan fingerprint density at radius 3 is 1.65 bits per heavy atom. The summed E-state index contributed by atoms with van der Waals surface area (Å²) < 4.78 is 5.56. The average Bonchev–Trinajstić information content (AvgIpc) is 2.63. The third kappa shape index (κ3) is 3.92. The number of benzene rings is 3. The Morgan fingerprint density at radius 2 is 1.13 bits per heavy atom. The Labute approximate surface area is 138 Å². The number of para-hydroxylation sites is 2. The van der Waals surface area contributed by atoms with Crippen LogP contribution >= 0.6 is 0 Å². The minimum atomic E-state index is 0.843. The van der Waals surface area contributed by atoms with Crippen molar-refractivity contribution in [2.24, 2.45) is 0 Å². The molecular weight excluding hydrogens is 282 g/mol. The van der Waals surface area contributed by atoms with E-state index in [1.807, 2.05) is 24.3 Å². The van der Waals surface area contributed by atoms with Crippen molar-refractivity contribution in [2.75, 3.05) is 12.0 Å². The van der Waals surface area contributed by atoms with Crippen molar-refractivity contribution < 1.29 is 4.74 Å². The molecule has 3 aromatic carbocycles. The zero-order chi connectivity index (χ0) is 15.9. The summed E-state index contributed by atoms with van der Waals surface area (Å²) >= 11 is 0. The van der Waals surface area contributed by atoms with Crippen molar-refractivity contribution in [3.63, 3.8) is 0 Å². The lowest BCUT2D eigenvalue weighted by atomic mass is 10.1. The van der Waals surface area contributed by atoms with Gasteiger partial charge in [-0.05, 0) is 23.3 Å². The molecule has 0 aromatic heterocycles. The summed E-state index contributed by atoms with van der Waals surface area (Å²) in [6, 6.07) is 29.3. The van der Waals surface area contributed by atoms with Crippen molar-refractivity contribution in [3.8, 4) is 5.75 Å². The molecular formula is C21H21NO. The Morgan fingerprint density at radius 1 is 0.652 bits per heavy atom. The number of methoxy groups -OCH3 is 1. The third-order valence-electron chi connectivity index (χ3n) is 3.86. The van der Waals surface area contributed by atoms with Gasteiger partial charge < -0.3 is 9.64 Å². The molecule has 0 aliphatic rings. The molecule has 2 nitrogen and oxygen atoms in total. The fourth-order valence-electron chi connectivity index (χ4n) is 2.72. The molecule has 0 heterocycles. The molecule has 3 rings (SSSR count). The highest BCUT2D eigenvalue weighted by Crippen LogP contribution is 2.30. The summed E-state index contributed by atoms with van der Waals surface area (Å²) in [4.78, 5) is 2.35. The van der Waals surface area contributed by atoms with Crippen LogP contribution in [0.25, 0.3) is 0 Å². The number of rotatable bonds is 6. The molecule has 0 unspecified atom stereocenters. The van der Waals surface area contributed by atoms with Gasteiger partial charge in [0, 0.05) is 13.1 Å². The van der Waals surface area contributed by atoms with Gasteiger partial charge in [-0.2, -0.15) is 0 Å². The van der Waals surface area contributed by atoms with Crippen LogP contribution in [0.2, 0.25) is 0 Å². The lowest BCUT2D eigenvalue weighted by molar-refractivity contribution is 0.414. The van der Waals surface area contributed by atoms with Crippen LogP contribution in [0.1, 0.15) is 11.1 Å². The maximum absolute atomic E-state index is 5.56. The molecule has 0 aliphatic heterocycles. The van der Waals surface area contributed by atoms with Gasteiger partial charge in [0.15, 0.2) is 0 Å². The molecule has 3 aromatic rings. The van der Waals surface area contributed by atoms with E-state index in [-0.39, 0.29) is 0 Å². The van der Waals surface area contributed by atoms with Crippen molar-refractivity contribution >= 4 is 5.69 Å². The maximum atomic E-state index is 5.56. The summed E-state index contributed by atoms with van der Waals surface area (Å²) in [6.45, 7) is 1.69. The van der Waals surface area contributed by atoms with Gasteiger partial charge in [-0.25, -0.2) is 0 Å². The predicted octanol–water partition coefficient (Wildman–Crippen LogP) is 4.90. The van der Waals surface area contributed by atoms with Gasteiger partial charge in [0.2, 0.25) is 0 Å². The Hall–Kier alpha value is -2.74. The number of hydrogen-bond donors (Lipinski definition) is 0. The Balaban J connectivity index is 1.92. The van der Waals surface area contributed by atoms with E-state index in [1.165, 1.54) is 11.1 Å². The van der Waals surface area contributed by atoms with Crippen molar-refractivity contribution in [1.29, 1.82) is 0 Å². The van der Waals surface area contributed by atoms with Crippen molar-refractivity contribution in [1.82, 2.24) is 0 Å². The highest BCUT2D eigenvalue weighted by Gasteiger charge is 2.12. The average molecular weight is 303 g/mol. The quantitative estimate of drug-likeness (QED) is 0.642. The fourth-order valence-corrected chi connectivity index (χ4v) is 2.72. The first-order valence-corrected chi connectivity index (χ1v) is 7.82. The number of hydrogen-bond acceptors (Lipinski definition) is 2. The molecule has 116 valence electrons. The highest BCUT2D eigenvalue weighted by molar-refractivity contribution is 5.59. The highest BCUT2D eigenvalue weighted by atomic mass is 16.5. The largest absolute Gasteiger partial charge is 0.495 e. The van der Waals surface area contributed by atoms with Crippen LogP contribution in [0.4, 0.5) is 5.69 Å². The number of nitrogens with zero attached hydrogens (tertiary/aromatic N) is 1. The zero-order valence-corrected chi connectivity index (χ0v) is 13.4. The van der Waals surface area contributed by atoms with E-state index in [1.54, 1.807) is 7.11 Å². The second kappa shape index (κ2) is 7.50. The van der Waals surface area contributed by atoms with Gasteiger partial charge >= 0.3 is 0 Å². The van der Waals surface area contributed by atoms with Gasteiger partial charge in [-0.3, -0.25) is 0 Å². The first-order chi connectivity index (χ1) is 11.4. The molecule has 2 heteroatoms. The van der Waals surface area contributed by atoms with Crippen LogP contribution < -0.4 is 9.64 Å². The monoisotopic (exact) mass is 303 g/mol. The molecule has 0 saturated heterocycles. The van der Waals surface area contributed by atoms with Crippen LogP contribution in [0, 0.1) is 0 Å². The molecule has 0 fully saturated rings. The summed E-state index contributed by atoms with van der Waals surface area (Å²) in [6.07, 6.45) is 0. The predicted molar refractivity (Wildman–Crippen MR) is 95.8 cm³/mol. The van der Waals surface area contributed by atoms with Crippen LogP contribution in [0.15, 0.2) is 84.9 Å². The van der Waals surface area contributed by atoms with Crippen molar-refractivity contribution in [2.45, 2.75) is 13.1 Å². The minimum Gasteiger partial charge on any atom is -0.495 e. The first kappa shape index (κ1) is 15.2. The van der Waals surface area contributed by atoms with E-state index in [0.29, 0.717) is 0 Å². The van der Waals surface area contributed by atoms with E-state index < -0.39 is 0 Å². The molecule has 0 atom stereocenters. The summed E-state index contributed by atoms with van der Waals surface area (Å²) in [7, 11) is 1.72. The topological polar surface area (TPSA) is 12.5 Å². The standard InChI is InChI=1S/C21H21NO/c1-23-21-15-9-8-14-20(21)22(16-18-10-4-2-5-11-18)17-19-12-6-3-7-13-19/h2-15H,16-17H2,1H3. The molecule has 0 N–H and O–H groups in total. The second-order valence-electron chi connectivity index (χ2n) is 5.50. The minimum absolute atomic E-state index is 0.843. The fraction of sp³-hybridized carbons (Fsp3) is 0.143. The molecule has 0 radical (unpaired) electrons. The van der Waals surface area contributed by atoms with E-state index in [4.69, 9.17) is 4.74 Å². The van der Waals surface area contributed by atoms with E-state index >= 15 is 0 Å². The summed E-state index contributed by atoms with van der Waals surface area (Å²) in [5, 5.41) is 0. The molecule has 0 amide bonds. The third-order valence-corrected chi connectivity index (χ3v) is 3.86. The van der Waals surface area contributed by atoms with Gasteiger partial charge in [0.1, 0.15) is 5.75 Å². The van der Waals surface area contributed by atoms with E-state index in [0.717, 1.165) is 24.5 Å². The number of ether oxygens (including phenoxy) is 1. The normalized spacial score (nSPS) is 10.3. The van der Waals surface area contributed by atoms with Gasteiger partial charge in [0.05, 0.1) is 12.8 Å². The smallest absolute Gasteiger partial charge is 0.142 e.